The van der Waals surface area contributed by atoms with Crippen LogP contribution in [0.1, 0.15) is 39.8 Å². The zero-order chi connectivity index (χ0) is 28.5. The van der Waals surface area contributed by atoms with Gasteiger partial charge in [-0.3, -0.25) is 14.7 Å². The van der Waals surface area contributed by atoms with Gasteiger partial charge in [0.1, 0.15) is 5.69 Å². The second-order valence-corrected chi connectivity index (χ2v) is 9.45. The number of esters is 1. The highest BCUT2D eigenvalue weighted by molar-refractivity contribution is 6.34. The predicted octanol–water partition coefficient (Wildman–Crippen LogP) is 4.64. The maximum atomic E-state index is 13.1. The third-order valence-electron chi connectivity index (χ3n) is 6.13. The summed E-state index contributed by atoms with van der Waals surface area (Å²) in [5.41, 5.74) is 3.38. The third kappa shape index (κ3) is 7.56. The number of nitrogens with zero attached hydrogens (tertiary/aromatic N) is 1. The normalized spacial score (nSPS) is 12.3. The fraction of sp³-hybridized carbons (Fsp3) is 0.200. The Morgan fingerprint density at radius 1 is 0.950 bits per heavy atom. The van der Waals surface area contributed by atoms with Crippen LogP contribution < -0.4 is 10.6 Å². The zero-order valence-electron chi connectivity index (χ0n) is 21.8. The van der Waals surface area contributed by atoms with Crippen molar-refractivity contribution < 1.29 is 24.2 Å². The minimum absolute atomic E-state index is 0.0603. The molecule has 0 fully saturated rings. The summed E-state index contributed by atoms with van der Waals surface area (Å²) in [6, 6.07) is 25.1. The maximum Gasteiger partial charge on any atom is 0.335 e. The monoisotopic (exact) mass is 560 g/mol. The van der Waals surface area contributed by atoms with Gasteiger partial charge < -0.3 is 20.5 Å². The van der Waals surface area contributed by atoms with Gasteiger partial charge in [-0.25, -0.2) is 4.79 Å². The van der Waals surface area contributed by atoms with Crippen LogP contribution >= 0.6 is 11.6 Å². The summed E-state index contributed by atoms with van der Waals surface area (Å²) >= 11 is 6.08. The third-order valence-corrected chi connectivity index (χ3v) is 6.46. The number of hydrogen-bond acceptors (Lipinski definition) is 6. The van der Waals surface area contributed by atoms with E-state index in [1.54, 1.807) is 31.2 Å². The van der Waals surface area contributed by atoms with Crippen LogP contribution in [0, 0.1) is 0 Å². The number of carbonyl (C=O) groups excluding carboxylic acids is 3. The Balaban J connectivity index is 1.45. The lowest BCUT2D eigenvalue weighted by Gasteiger charge is -2.21. The number of ether oxygens (including phenoxy) is 1. The van der Waals surface area contributed by atoms with Crippen LogP contribution in [-0.4, -0.2) is 51.8 Å². The number of benzene rings is 3. The minimum Gasteiger partial charge on any atom is -0.464 e. The van der Waals surface area contributed by atoms with E-state index in [-0.39, 0.29) is 35.1 Å². The first-order valence-electron chi connectivity index (χ1n) is 12.7. The molecule has 4 rings (SSSR count). The maximum absolute atomic E-state index is 13.1. The molecule has 9 nitrogen and oxygen atoms in total. The highest BCUT2D eigenvalue weighted by Crippen LogP contribution is 2.21. The van der Waals surface area contributed by atoms with Gasteiger partial charge in [-0.2, -0.15) is 5.10 Å². The van der Waals surface area contributed by atoms with E-state index in [0.717, 1.165) is 16.7 Å². The Morgan fingerprint density at radius 3 is 2.33 bits per heavy atom. The molecule has 0 saturated heterocycles. The van der Waals surface area contributed by atoms with Gasteiger partial charge in [0.15, 0.2) is 11.9 Å². The van der Waals surface area contributed by atoms with Crippen molar-refractivity contribution in [2.24, 2.45) is 0 Å². The molecular formula is C30H29ClN4O5. The number of aliphatic hydroxyl groups is 1. The molecule has 4 aromatic rings. The summed E-state index contributed by atoms with van der Waals surface area (Å²) in [5, 5.41) is 22.7. The standard InChI is InChI=1S/C30H29ClN4O5/c1-2-40-30(39)26(36)17-22(16-19-12-14-21(15-13-19)20-8-4-3-5-9-20)32-29(38)25-18-27(35-34-25)33-28(37)23-10-6-7-11-24(23)31/h3-15,18,22,26,36H,2,16-17H2,1H3,(H,32,38)(H2,33,34,35,37)/t22-,26-/m1/s1. The van der Waals surface area contributed by atoms with Crippen molar-refractivity contribution in [3.63, 3.8) is 0 Å². The van der Waals surface area contributed by atoms with Gasteiger partial charge in [0, 0.05) is 18.5 Å². The van der Waals surface area contributed by atoms with E-state index < -0.39 is 29.9 Å². The molecule has 206 valence electrons. The van der Waals surface area contributed by atoms with Crippen molar-refractivity contribution in [2.45, 2.75) is 31.9 Å². The number of hydrogen-bond donors (Lipinski definition) is 4. The summed E-state index contributed by atoms with van der Waals surface area (Å²) in [5.74, 6) is -1.62. The Morgan fingerprint density at radius 2 is 1.62 bits per heavy atom. The topological polar surface area (TPSA) is 133 Å². The van der Waals surface area contributed by atoms with E-state index in [1.165, 1.54) is 6.07 Å². The van der Waals surface area contributed by atoms with E-state index in [1.807, 2.05) is 54.6 Å². The summed E-state index contributed by atoms with van der Waals surface area (Å²) < 4.78 is 4.93. The largest absolute Gasteiger partial charge is 0.464 e. The molecule has 40 heavy (non-hydrogen) atoms. The van der Waals surface area contributed by atoms with Crippen molar-refractivity contribution in [3.8, 4) is 11.1 Å². The molecule has 0 unspecified atom stereocenters. The van der Waals surface area contributed by atoms with Gasteiger partial charge in [-0.15, -0.1) is 0 Å². The molecule has 0 aliphatic heterocycles. The Labute approximate surface area is 236 Å². The first-order chi connectivity index (χ1) is 19.3. The summed E-state index contributed by atoms with van der Waals surface area (Å²) in [7, 11) is 0. The molecule has 0 aliphatic rings. The molecule has 0 spiro atoms. The molecule has 3 aromatic carbocycles. The Kier molecular flexibility index (Phi) is 9.66. The summed E-state index contributed by atoms with van der Waals surface area (Å²) in [6.07, 6.45) is -1.13. The predicted molar refractivity (Wildman–Crippen MR) is 152 cm³/mol. The van der Waals surface area contributed by atoms with Crippen molar-refractivity contribution in [3.05, 3.63) is 107 Å². The molecule has 0 bridgehead atoms. The lowest BCUT2D eigenvalue weighted by atomic mass is 9.97. The highest BCUT2D eigenvalue weighted by atomic mass is 35.5. The van der Waals surface area contributed by atoms with E-state index in [9.17, 15) is 19.5 Å². The second-order valence-electron chi connectivity index (χ2n) is 9.04. The van der Waals surface area contributed by atoms with Crippen molar-refractivity contribution >= 4 is 35.2 Å². The van der Waals surface area contributed by atoms with Crippen LogP contribution in [0.3, 0.4) is 0 Å². The van der Waals surface area contributed by atoms with Crippen LogP contribution in [-0.2, 0) is 16.0 Å². The fourth-order valence-corrected chi connectivity index (χ4v) is 4.36. The number of H-pyrrole nitrogens is 1. The summed E-state index contributed by atoms with van der Waals surface area (Å²) in [6.45, 7) is 1.78. The second kappa shape index (κ2) is 13.5. The summed E-state index contributed by atoms with van der Waals surface area (Å²) in [4.78, 5) is 37.7. The molecular weight excluding hydrogens is 532 g/mol. The molecule has 1 heterocycles. The number of aromatic nitrogens is 2. The Hall–Kier alpha value is -4.47. The number of halogens is 1. The molecule has 0 radical (unpaired) electrons. The van der Waals surface area contributed by atoms with Crippen LogP contribution in [0.5, 0.6) is 0 Å². The van der Waals surface area contributed by atoms with Crippen molar-refractivity contribution in [2.75, 3.05) is 11.9 Å². The smallest absolute Gasteiger partial charge is 0.335 e. The molecule has 2 amide bonds. The quantitative estimate of drug-likeness (QED) is 0.198. The van der Waals surface area contributed by atoms with E-state index in [4.69, 9.17) is 16.3 Å². The molecule has 4 N–H and O–H groups in total. The van der Waals surface area contributed by atoms with Crippen LogP contribution in [0.25, 0.3) is 11.1 Å². The van der Waals surface area contributed by atoms with Gasteiger partial charge in [-0.1, -0.05) is 78.3 Å². The van der Waals surface area contributed by atoms with Crippen LogP contribution in [0.4, 0.5) is 5.82 Å². The van der Waals surface area contributed by atoms with Gasteiger partial charge in [0.25, 0.3) is 11.8 Å². The number of carbonyl (C=O) groups is 3. The average Bonchev–Trinajstić information content (AvgIpc) is 3.43. The van der Waals surface area contributed by atoms with Gasteiger partial charge in [0.05, 0.1) is 17.2 Å². The average molecular weight is 561 g/mol. The molecule has 2 atom stereocenters. The number of anilines is 1. The number of aromatic amines is 1. The van der Waals surface area contributed by atoms with E-state index in [0.29, 0.717) is 6.42 Å². The zero-order valence-corrected chi connectivity index (χ0v) is 22.5. The number of amides is 2. The first-order valence-corrected chi connectivity index (χ1v) is 13.1. The number of nitrogens with one attached hydrogen (secondary N) is 3. The SMILES string of the molecule is CCOC(=O)[C@H](O)C[C@@H](Cc1ccc(-c2ccccc2)cc1)NC(=O)c1cc(NC(=O)c2ccccc2Cl)n[nH]1. The number of rotatable bonds is 11. The van der Waals surface area contributed by atoms with E-state index >= 15 is 0 Å². The van der Waals surface area contributed by atoms with Crippen molar-refractivity contribution in [1.82, 2.24) is 15.5 Å². The first kappa shape index (κ1) is 28.5. The number of aliphatic hydroxyl groups excluding tert-OH is 1. The molecule has 10 heteroatoms. The highest BCUT2D eigenvalue weighted by Gasteiger charge is 2.25. The van der Waals surface area contributed by atoms with Gasteiger partial charge in [0.2, 0.25) is 0 Å². The lowest BCUT2D eigenvalue weighted by molar-refractivity contribution is -0.153. The minimum atomic E-state index is -1.42. The van der Waals surface area contributed by atoms with Gasteiger partial charge in [-0.05, 0) is 42.2 Å². The lowest BCUT2D eigenvalue weighted by Crippen LogP contribution is -2.41. The molecule has 0 saturated carbocycles. The molecule has 1 aromatic heterocycles. The van der Waals surface area contributed by atoms with E-state index in [2.05, 4.69) is 20.8 Å². The van der Waals surface area contributed by atoms with Crippen LogP contribution in [0.15, 0.2) is 84.9 Å². The fourth-order valence-electron chi connectivity index (χ4n) is 4.14. The molecule has 0 aliphatic carbocycles. The van der Waals surface area contributed by atoms with Crippen molar-refractivity contribution in [1.29, 1.82) is 0 Å². The van der Waals surface area contributed by atoms with Gasteiger partial charge >= 0.3 is 5.97 Å². The van der Waals surface area contributed by atoms with Crippen LogP contribution in [0.2, 0.25) is 5.02 Å². The Bertz CT molecular complexity index is 1460.